The van der Waals surface area contributed by atoms with E-state index in [0.717, 1.165) is 13.1 Å². The molecule has 0 aromatic heterocycles. The Kier molecular flexibility index (Phi) is 6.58. The lowest BCUT2D eigenvalue weighted by molar-refractivity contribution is -0.139. The number of likely N-dealkylation sites (N-methyl/N-ethyl adjacent to an activating group) is 1. The highest BCUT2D eigenvalue weighted by Gasteiger charge is 2.33. The van der Waals surface area contributed by atoms with Crippen molar-refractivity contribution in [1.82, 2.24) is 15.1 Å². The van der Waals surface area contributed by atoms with Gasteiger partial charge >= 0.3 is 0 Å². The number of anilines is 1. The van der Waals surface area contributed by atoms with Crippen LogP contribution >= 0.6 is 0 Å². The van der Waals surface area contributed by atoms with Crippen LogP contribution in [0.3, 0.4) is 0 Å². The number of nitrogens with one attached hydrogen (secondary N) is 1. The lowest BCUT2D eigenvalue weighted by Crippen LogP contribution is -2.56. The predicted molar refractivity (Wildman–Crippen MR) is 100 cm³/mol. The van der Waals surface area contributed by atoms with E-state index in [1.165, 1.54) is 12.1 Å². The van der Waals surface area contributed by atoms with E-state index in [1.807, 2.05) is 14.0 Å². The van der Waals surface area contributed by atoms with Crippen LogP contribution in [0.4, 0.5) is 10.1 Å². The first-order valence-corrected chi connectivity index (χ1v) is 9.03. The second-order valence-corrected chi connectivity index (χ2v) is 7.34. The van der Waals surface area contributed by atoms with E-state index in [4.69, 9.17) is 5.73 Å². The smallest absolute Gasteiger partial charge is 0.245 e. The monoisotopic (exact) mass is 364 g/mol. The molecular weight excluding hydrogens is 335 g/mol. The summed E-state index contributed by atoms with van der Waals surface area (Å²) in [6, 6.07) is 3.79. The van der Waals surface area contributed by atoms with Crippen molar-refractivity contribution in [1.29, 1.82) is 0 Å². The number of benzene rings is 1. The number of nitrogens with zero attached hydrogens (tertiary/aromatic N) is 2. The maximum atomic E-state index is 13.9. The van der Waals surface area contributed by atoms with Crippen LogP contribution in [0.2, 0.25) is 0 Å². The van der Waals surface area contributed by atoms with E-state index < -0.39 is 11.9 Å². The van der Waals surface area contributed by atoms with Crippen molar-refractivity contribution in [2.75, 3.05) is 39.0 Å². The number of hydrogen-bond acceptors (Lipinski definition) is 4. The first kappa shape index (κ1) is 20.2. The zero-order valence-corrected chi connectivity index (χ0v) is 16.0. The SMILES string of the molecule is CC(C)C(=O)N[C@@H](C(=O)N1CCN(C)CC1)[C@@H](C)c1ccc(N)c(F)c1. The van der Waals surface area contributed by atoms with Crippen molar-refractivity contribution in [2.45, 2.75) is 32.7 Å². The summed E-state index contributed by atoms with van der Waals surface area (Å²) in [6.07, 6.45) is 0. The Morgan fingerprint density at radius 1 is 1.15 bits per heavy atom. The number of nitrogen functional groups attached to an aromatic ring is 1. The summed E-state index contributed by atoms with van der Waals surface area (Å²) < 4.78 is 13.9. The Morgan fingerprint density at radius 3 is 2.31 bits per heavy atom. The number of piperazine rings is 1. The second-order valence-electron chi connectivity index (χ2n) is 7.34. The van der Waals surface area contributed by atoms with Crippen LogP contribution in [0, 0.1) is 11.7 Å². The number of nitrogens with two attached hydrogens (primary N) is 1. The summed E-state index contributed by atoms with van der Waals surface area (Å²) in [7, 11) is 2.01. The van der Waals surface area contributed by atoms with Crippen molar-refractivity contribution in [3.05, 3.63) is 29.6 Å². The maximum Gasteiger partial charge on any atom is 0.245 e. The maximum absolute atomic E-state index is 13.9. The van der Waals surface area contributed by atoms with E-state index in [1.54, 1.807) is 24.8 Å². The van der Waals surface area contributed by atoms with Gasteiger partial charge in [0.15, 0.2) is 0 Å². The minimum atomic E-state index is -0.740. The molecule has 1 aliphatic heterocycles. The fraction of sp³-hybridized carbons (Fsp3) is 0.579. The minimum Gasteiger partial charge on any atom is -0.396 e. The van der Waals surface area contributed by atoms with Crippen molar-refractivity contribution < 1.29 is 14.0 Å². The van der Waals surface area contributed by atoms with Gasteiger partial charge in [-0.25, -0.2) is 4.39 Å². The van der Waals surface area contributed by atoms with Crippen LogP contribution in [0.1, 0.15) is 32.3 Å². The van der Waals surface area contributed by atoms with Crippen molar-refractivity contribution >= 4 is 17.5 Å². The first-order chi connectivity index (χ1) is 12.2. The van der Waals surface area contributed by atoms with E-state index in [-0.39, 0.29) is 29.3 Å². The average molecular weight is 364 g/mol. The van der Waals surface area contributed by atoms with Gasteiger partial charge in [-0.1, -0.05) is 26.8 Å². The van der Waals surface area contributed by atoms with Crippen molar-refractivity contribution in [3.8, 4) is 0 Å². The number of carbonyl (C=O) groups excluding carboxylic acids is 2. The van der Waals surface area contributed by atoms with Gasteiger partial charge in [0.05, 0.1) is 5.69 Å². The van der Waals surface area contributed by atoms with Gasteiger partial charge in [0, 0.05) is 38.0 Å². The van der Waals surface area contributed by atoms with Gasteiger partial charge in [0.25, 0.3) is 0 Å². The van der Waals surface area contributed by atoms with Crippen LogP contribution in [0.25, 0.3) is 0 Å². The molecule has 26 heavy (non-hydrogen) atoms. The highest BCUT2D eigenvalue weighted by molar-refractivity contribution is 5.89. The number of carbonyl (C=O) groups is 2. The van der Waals surface area contributed by atoms with E-state index >= 15 is 0 Å². The molecule has 1 saturated heterocycles. The van der Waals surface area contributed by atoms with E-state index in [2.05, 4.69) is 10.2 Å². The normalized spacial score (nSPS) is 17.8. The number of halogens is 1. The van der Waals surface area contributed by atoms with Gasteiger partial charge in [-0.2, -0.15) is 0 Å². The molecule has 0 saturated carbocycles. The Morgan fingerprint density at radius 2 is 1.77 bits per heavy atom. The molecule has 1 fully saturated rings. The molecule has 1 heterocycles. The van der Waals surface area contributed by atoms with Crippen LogP contribution in [-0.2, 0) is 9.59 Å². The van der Waals surface area contributed by atoms with Gasteiger partial charge in [-0.3, -0.25) is 9.59 Å². The summed E-state index contributed by atoms with van der Waals surface area (Å²) in [5.41, 5.74) is 6.25. The van der Waals surface area contributed by atoms with Crippen molar-refractivity contribution in [3.63, 3.8) is 0 Å². The molecule has 6 nitrogen and oxygen atoms in total. The van der Waals surface area contributed by atoms with Gasteiger partial charge in [-0.15, -0.1) is 0 Å². The molecule has 0 radical (unpaired) electrons. The minimum absolute atomic E-state index is 0.0640. The number of rotatable bonds is 5. The third-order valence-corrected chi connectivity index (χ3v) is 4.95. The molecule has 2 atom stereocenters. The Balaban J connectivity index is 2.25. The molecule has 0 spiro atoms. The molecule has 0 aliphatic carbocycles. The summed E-state index contributed by atoms with van der Waals surface area (Å²) in [6.45, 7) is 8.20. The first-order valence-electron chi connectivity index (χ1n) is 9.03. The lowest BCUT2D eigenvalue weighted by atomic mass is 9.91. The third-order valence-electron chi connectivity index (χ3n) is 4.95. The fourth-order valence-corrected chi connectivity index (χ4v) is 2.96. The molecular formula is C19H29FN4O2. The second kappa shape index (κ2) is 8.49. The van der Waals surface area contributed by atoms with Crippen LogP contribution in [0.5, 0.6) is 0 Å². The average Bonchev–Trinajstić information content (AvgIpc) is 2.61. The highest BCUT2D eigenvalue weighted by atomic mass is 19.1. The van der Waals surface area contributed by atoms with E-state index in [0.29, 0.717) is 18.7 Å². The standard InChI is InChI=1S/C19H29FN4O2/c1-12(2)18(25)22-17(19(26)24-9-7-23(4)8-10-24)13(3)14-5-6-16(21)15(20)11-14/h5-6,11-13,17H,7-10,21H2,1-4H3,(H,22,25)/t13-,17+/m0/s1. The van der Waals surface area contributed by atoms with Gasteiger partial charge < -0.3 is 20.9 Å². The molecule has 2 rings (SSSR count). The predicted octanol–water partition coefficient (Wildman–Crippen LogP) is 1.43. The Bertz CT molecular complexity index is 657. The molecule has 7 heteroatoms. The fourth-order valence-electron chi connectivity index (χ4n) is 2.96. The molecule has 2 amide bonds. The third kappa shape index (κ3) is 4.72. The molecule has 1 aromatic rings. The summed E-state index contributed by atoms with van der Waals surface area (Å²) in [5.74, 6) is -1.46. The molecule has 1 aromatic carbocycles. The Hall–Kier alpha value is -2.15. The van der Waals surface area contributed by atoms with Crippen molar-refractivity contribution in [2.24, 2.45) is 5.92 Å². The zero-order valence-electron chi connectivity index (χ0n) is 16.0. The highest BCUT2D eigenvalue weighted by Crippen LogP contribution is 2.24. The molecule has 0 unspecified atom stereocenters. The van der Waals surface area contributed by atoms with Crippen LogP contribution < -0.4 is 11.1 Å². The summed E-state index contributed by atoms with van der Waals surface area (Å²) in [5, 5.41) is 2.86. The number of amides is 2. The van der Waals surface area contributed by atoms with Crippen LogP contribution in [0.15, 0.2) is 18.2 Å². The molecule has 1 aliphatic rings. The summed E-state index contributed by atoms with van der Waals surface area (Å²) in [4.78, 5) is 29.3. The largest absolute Gasteiger partial charge is 0.396 e. The zero-order chi connectivity index (χ0) is 19.4. The molecule has 0 bridgehead atoms. The molecule has 3 N–H and O–H groups in total. The van der Waals surface area contributed by atoms with Gasteiger partial charge in [0.1, 0.15) is 11.9 Å². The van der Waals surface area contributed by atoms with Gasteiger partial charge in [-0.05, 0) is 24.7 Å². The Labute approximate surface area is 154 Å². The molecule has 144 valence electrons. The van der Waals surface area contributed by atoms with Crippen LogP contribution in [-0.4, -0.2) is 60.9 Å². The van der Waals surface area contributed by atoms with Gasteiger partial charge in [0.2, 0.25) is 11.8 Å². The summed E-state index contributed by atoms with van der Waals surface area (Å²) >= 11 is 0. The lowest BCUT2D eigenvalue weighted by Gasteiger charge is -2.36. The number of hydrogen-bond donors (Lipinski definition) is 2. The quantitative estimate of drug-likeness (QED) is 0.775. The topological polar surface area (TPSA) is 78.7 Å². The van der Waals surface area contributed by atoms with E-state index in [9.17, 15) is 14.0 Å².